The van der Waals surface area contributed by atoms with E-state index in [0.717, 1.165) is 6.42 Å². The van der Waals surface area contributed by atoms with Gasteiger partial charge in [0.1, 0.15) is 0 Å². The summed E-state index contributed by atoms with van der Waals surface area (Å²) >= 11 is 0. The number of rotatable bonds is 3. The standard InChI is InChI=1S/C7H13NO2/c1-2-10-7(9)4-5-3-6(5)8/h5-6H,2-4,8H2,1H3/t5-,6+/m1/s1. The molecular formula is C7H13NO2. The summed E-state index contributed by atoms with van der Waals surface area (Å²) in [7, 11) is 0. The van der Waals surface area contributed by atoms with Crippen molar-refractivity contribution >= 4 is 5.97 Å². The first-order valence-corrected chi connectivity index (χ1v) is 3.65. The van der Waals surface area contributed by atoms with Crippen molar-refractivity contribution in [2.75, 3.05) is 6.61 Å². The summed E-state index contributed by atoms with van der Waals surface area (Å²) in [5, 5.41) is 0. The van der Waals surface area contributed by atoms with Crippen LogP contribution in [0.3, 0.4) is 0 Å². The number of hydrogen-bond donors (Lipinski definition) is 1. The lowest BCUT2D eigenvalue weighted by Gasteiger charge is -1.98. The predicted molar refractivity (Wildman–Crippen MR) is 37.3 cm³/mol. The fourth-order valence-corrected chi connectivity index (χ4v) is 0.940. The highest BCUT2D eigenvalue weighted by Crippen LogP contribution is 2.31. The van der Waals surface area contributed by atoms with Crippen molar-refractivity contribution in [1.82, 2.24) is 0 Å². The van der Waals surface area contributed by atoms with Gasteiger partial charge in [0.2, 0.25) is 0 Å². The number of nitrogens with two attached hydrogens (primary N) is 1. The van der Waals surface area contributed by atoms with E-state index in [-0.39, 0.29) is 12.0 Å². The molecule has 0 spiro atoms. The molecule has 10 heavy (non-hydrogen) atoms. The summed E-state index contributed by atoms with van der Waals surface area (Å²) in [6.07, 6.45) is 1.49. The Bertz CT molecular complexity index is 136. The van der Waals surface area contributed by atoms with Crippen LogP contribution < -0.4 is 5.73 Å². The summed E-state index contributed by atoms with van der Waals surface area (Å²) < 4.78 is 4.75. The van der Waals surface area contributed by atoms with Crippen LogP contribution in [0.4, 0.5) is 0 Å². The first-order valence-electron chi connectivity index (χ1n) is 3.65. The zero-order valence-corrected chi connectivity index (χ0v) is 6.17. The third-order valence-electron chi connectivity index (χ3n) is 1.71. The molecule has 1 rings (SSSR count). The average molecular weight is 143 g/mol. The number of carbonyl (C=O) groups excluding carboxylic acids is 1. The van der Waals surface area contributed by atoms with Gasteiger partial charge in [0, 0.05) is 12.5 Å². The van der Waals surface area contributed by atoms with Crippen LogP contribution in [0, 0.1) is 5.92 Å². The van der Waals surface area contributed by atoms with Gasteiger partial charge < -0.3 is 10.5 Å². The molecule has 1 saturated carbocycles. The number of ether oxygens (including phenoxy) is 1. The largest absolute Gasteiger partial charge is 0.466 e. The van der Waals surface area contributed by atoms with Crippen LogP contribution in [0.2, 0.25) is 0 Å². The minimum absolute atomic E-state index is 0.111. The zero-order chi connectivity index (χ0) is 7.56. The molecule has 0 aromatic carbocycles. The second-order valence-corrected chi connectivity index (χ2v) is 2.67. The van der Waals surface area contributed by atoms with E-state index in [4.69, 9.17) is 10.5 Å². The number of esters is 1. The smallest absolute Gasteiger partial charge is 0.306 e. The first kappa shape index (κ1) is 7.54. The molecule has 0 aromatic rings. The van der Waals surface area contributed by atoms with Crippen LogP contribution >= 0.6 is 0 Å². The van der Waals surface area contributed by atoms with Gasteiger partial charge in [-0.15, -0.1) is 0 Å². The van der Waals surface area contributed by atoms with Gasteiger partial charge >= 0.3 is 5.97 Å². The van der Waals surface area contributed by atoms with Crippen LogP contribution in [0.1, 0.15) is 19.8 Å². The fraction of sp³-hybridized carbons (Fsp3) is 0.857. The van der Waals surface area contributed by atoms with Gasteiger partial charge in [-0.25, -0.2) is 0 Å². The zero-order valence-electron chi connectivity index (χ0n) is 6.17. The molecule has 0 saturated heterocycles. The lowest BCUT2D eigenvalue weighted by Crippen LogP contribution is -2.09. The van der Waals surface area contributed by atoms with Crippen molar-refractivity contribution in [3.05, 3.63) is 0 Å². The minimum Gasteiger partial charge on any atom is -0.466 e. The van der Waals surface area contributed by atoms with Gasteiger partial charge in [-0.05, 0) is 19.3 Å². The van der Waals surface area contributed by atoms with Crippen molar-refractivity contribution < 1.29 is 9.53 Å². The second kappa shape index (κ2) is 3.01. The first-order chi connectivity index (χ1) is 4.74. The molecule has 1 aliphatic rings. The molecule has 2 atom stereocenters. The van der Waals surface area contributed by atoms with Crippen molar-refractivity contribution in [3.8, 4) is 0 Å². The van der Waals surface area contributed by atoms with Crippen LogP contribution in [0.25, 0.3) is 0 Å². The summed E-state index contributed by atoms with van der Waals surface area (Å²) in [5.74, 6) is 0.291. The van der Waals surface area contributed by atoms with Crippen LogP contribution in [0.15, 0.2) is 0 Å². The molecule has 0 heterocycles. The Morgan fingerprint density at radius 1 is 1.80 bits per heavy atom. The quantitative estimate of drug-likeness (QED) is 0.577. The van der Waals surface area contributed by atoms with E-state index in [1.807, 2.05) is 6.92 Å². The molecule has 0 aliphatic heterocycles. The highest BCUT2D eigenvalue weighted by atomic mass is 16.5. The molecule has 1 aliphatic carbocycles. The van der Waals surface area contributed by atoms with Crippen molar-refractivity contribution in [2.45, 2.75) is 25.8 Å². The van der Waals surface area contributed by atoms with Crippen LogP contribution in [-0.4, -0.2) is 18.6 Å². The highest BCUT2D eigenvalue weighted by Gasteiger charge is 2.35. The Morgan fingerprint density at radius 2 is 2.40 bits per heavy atom. The summed E-state index contributed by atoms with van der Waals surface area (Å²) in [6.45, 7) is 2.28. The molecule has 1 fully saturated rings. The topological polar surface area (TPSA) is 52.3 Å². The molecule has 58 valence electrons. The van der Waals surface area contributed by atoms with E-state index in [1.54, 1.807) is 0 Å². The highest BCUT2D eigenvalue weighted by molar-refractivity contribution is 5.70. The van der Waals surface area contributed by atoms with E-state index in [9.17, 15) is 4.79 Å². The van der Waals surface area contributed by atoms with Gasteiger partial charge in [0.15, 0.2) is 0 Å². The Kier molecular flexibility index (Phi) is 2.27. The van der Waals surface area contributed by atoms with E-state index >= 15 is 0 Å². The SMILES string of the molecule is CCOC(=O)C[C@H]1C[C@@H]1N. The summed E-state index contributed by atoms with van der Waals surface area (Å²) in [4.78, 5) is 10.8. The fourth-order valence-electron chi connectivity index (χ4n) is 0.940. The molecule has 3 nitrogen and oxygen atoms in total. The molecule has 0 aromatic heterocycles. The molecule has 2 N–H and O–H groups in total. The van der Waals surface area contributed by atoms with Crippen LogP contribution in [-0.2, 0) is 9.53 Å². The second-order valence-electron chi connectivity index (χ2n) is 2.67. The lowest BCUT2D eigenvalue weighted by molar-refractivity contribution is -0.143. The van der Waals surface area contributed by atoms with Crippen molar-refractivity contribution in [1.29, 1.82) is 0 Å². The molecule has 0 bridgehead atoms. The van der Waals surface area contributed by atoms with Gasteiger partial charge in [-0.3, -0.25) is 4.79 Å². The number of hydrogen-bond acceptors (Lipinski definition) is 3. The molecule has 0 unspecified atom stereocenters. The predicted octanol–water partition coefficient (Wildman–Crippen LogP) is 0.287. The van der Waals surface area contributed by atoms with E-state index in [2.05, 4.69) is 0 Å². The summed E-state index contributed by atoms with van der Waals surface area (Å²) in [6, 6.07) is 0.254. The average Bonchev–Trinajstić information content (AvgIpc) is 2.47. The Labute approximate surface area is 60.5 Å². The van der Waals surface area contributed by atoms with E-state index in [0.29, 0.717) is 18.9 Å². The molecule has 0 amide bonds. The Hall–Kier alpha value is -0.570. The third-order valence-corrected chi connectivity index (χ3v) is 1.71. The Morgan fingerprint density at radius 3 is 2.80 bits per heavy atom. The summed E-state index contributed by atoms with van der Waals surface area (Å²) in [5.41, 5.74) is 5.50. The van der Waals surface area contributed by atoms with E-state index < -0.39 is 0 Å². The molecular weight excluding hydrogens is 130 g/mol. The van der Waals surface area contributed by atoms with Gasteiger partial charge in [-0.1, -0.05) is 0 Å². The Balaban J connectivity index is 2.07. The van der Waals surface area contributed by atoms with Gasteiger partial charge in [-0.2, -0.15) is 0 Å². The molecule has 0 radical (unpaired) electrons. The van der Waals surface area contributed by atoms with Crippen molar-refractivity contribution in [3.63, 3.8) is 0 Å². The van der Waals surface area contributed by atoms with Crippen LogP contribution in [0.5, 0.6) is 0 Å². The maximum Gasteiger partial charge on any atom is 0.306 e. The van der Waals surface area contributed by atoms with Gasteiger partial charge in [0.25, 0.3) is 0 Å². The maximum atomic E-state index is 10.8. The number of carbonyl (C=O) groups is 1. The normalized spacial score (nSPS) is 29.8. The monoisotopic (exact) mass is 143 g/mol. The maximum absolute atomic E-state index is 10.8. The van der Waals surface area contributed by atoms with Gasteiger partial charge in [0.05, 0.1) is 6.61 Å². The minimum atomic E-state index is -0.111. The molecule has 3 heteroatoms. The lowest BCUT2D eigenvalue weighted by atomic mass is 10.3. The van der Waals surface area contributed by atoms with Crippen molar-refractivity contribution in [2.24, 2.45) is 11.7 Å². The third kappa shape index (κ3) is 1.99. The van der Waals surface area contributed by atoms with E-state index in [1.165, 1.54) is 0 Å².